The third-order valence-corrected chi connectivity index (χ3v) is 3.94. The molecule has 2 unspecified atom stereocenters. The molecule has 2 fully saturated rings. The fourth-order valence-electron chi connectivity index (χ4n) is 2.62. The molecule has 15 heavy (non-hydrogen) atoms. The highest BCUT2D eigenvalue weighted by molar-refractivity contribution is 7.81. The quantitative estimate of drug-likeness (QED) is 0.729. The zero-order valence-electron chi connectivity index (χ0n) is 9.35. The molecule has 2 aliphatic rings. The summed E-state index contributed by atoms with van der Waals surface area (Å²) in [5.41, 5.74) is 0. The van der Waals surface area contributed by atoms with Crippen molar-refractivity contribution in [3.63, 3.8) is 0 Å². The Hall–Kier alpha value is -0.220. The molecular weight excluding hydrogens is 208 g/mol. The highest BCUT2D eigenvalue weighted by Gasteiger charge is 2.28. The molecular formula is C11H20N2OS. The zero-order valence-corrected chi connectivity index (χ0v) is 10.2. The first-order valence-corrected chi connectivity index (χ1v) is 6.34. The summed E-state index contributed by atoms with van der Waals surface area (Å²) >= 11 is 4.36. The highest BCUT2D eigenvalue weighted by atomic mass is 32.1. The van der Waals surface area contributed by atoms with Crippen LogP contribution in [0.4, 0.5) is 0 Å². The first-order valence-electron chi connectivity index (χ1n) is 5.83. The molecule has 0 spiro atoms. The molecule has 2 aliphatic heterocycles. The van der Waals surface area contributed by atoms with Crippen molar-refractivity contribution in [3.05, 3.63) is 0 Å². The fraction of sp³-hybridized carbons (Fsp3) is 0.909. The summed E-state index contributed by atoms with van der Waals surface area (Å²) in [6.45, 7) is 2.98. The van der Waals surface area contributed by atoms with E-state index in [0.29, 0.717) is 12.5 Å². The topological polar surface area (TPSA) is 23.6 Å². The van der Waals surface area contributed by atoms with Crippen LogP contribution in [-0.4, -0.2) is 53.7 Å². The monoisotopic (exact) mass is 228 g/mol. The lowest BCUT2D eigenvalue weighted by Gasteiger charge is -2.23. The van der Waals surface area contributed by atoms with Crippen LogP contribution in [0.2, 0.25) is 0 Å². The van der Waals surface area contributed by atoms with Crippen LogP contribution in [0.1, 0.15) is 25.7 Å². The first-order chi connectivity index (χ1) is 7.16. The molecule has 0 aromatic rings. The molecule has 0 bridgehead atoms. The van der Waals surface area contributed by atoms with Crippen molar-refractivity contribution in [2.45, 2.75) is 37.0 Å². The number of hydrogen-bond donors (Lipinski definition) is 1. The molecule has 0 aliphatic carbocycles. The van der Waals surface area contributed by atoms with Crippen LogP contribution in [0.25, 0.3) is 0 Å². The van der Waals surface area contributed by atoms with Gasteiger partial charge >= 0.3 is 0 Å². The fourth-order valence-corrected chi connectivity index (χ4v) is 2.97. The number of rotatable bonds is 3. The summed E-state index contributed by atoms with van der Waals surface area (Å²) in [7, 11) is 2.19. The van der Waals surface area contributed by atoms with Crippen LogP contribution in [0.15, 0.2) is 0 Å². The van der Waals surface area contributed by atoms with Gasteiger partial charge in [0.05, 0.1) is 0 Å². The molecule has 2 heterocycles. The maximum absolute atomic E-state index is 11.5. The van der Waals surface area contributed by atoms with Gasteiger partial charge in [-0.1, -0.05) is 0 Å². The maximum Gasteiger partial charge on any atom is 0.223 e. The first kappa shape index (κ1) is 11.3. The number of hydrogen-bond acceptors (Lipinski definition) is 3. The Morgan fingerprint density at radius 1 is 1.53 bits per heavy atom. The number of thiol groups is 1. The van der Waals surface area contributed by atoms with Gasteiger partial charge in [-0.15, -0.1) is 0 Å². The summed E-state index contributed by atoms with van der Waals surface area (Å²) in [4.78, 5) is 15.9. The molecule has 4 heteroatoms. The Labute approximate surface area is 97.2 Å². The van der Waals surface area contributed by atoms with E-state index in [1.807, 2.05) is 4.90 Å². The third kappa shape index (κ3) is 2.67. The zero-order chi connectivity index (χ0) is 10.8. The van der Waals surface area contributed by atoms with E-state index in [1.165, 1.54) is 19.4 Å². The van der Waals surface area contributed by atoms with Gasteiger partial charge in [-0.05, 0) is 32.9 Å². The average Bonchev–Trinajstić information content (AvgIpc) is 2.70. The van der Waals surface area contributed by atoms with Crippen LogP contribution in [0.5, 0.6) is 0 Å². The van der Waals surface area contributed by atoms with E-state index < -0.39 is 0 Å². The standard InChI is InChI=1S/C11H20N2OS/c1-12-5-2-3-9(12)4-6-13-8-10(15)7-11(13)14/h9-10,15H,2-8H2,1H3. The largest absolute Gasteiger partial charge is 0.341 e. The lowest BCUT2D eigenvalue weighted by Crippen LogP contribution is -2.32. The van der Waals surface area contributed by atoms with Gasteiger partial charge in [0.25, 0.3) is 0 Å². The van der Waals surface area contributed by atoms with E-state index in [0.717, 1.165) is 19.5 Å². The van der Waals surface area contributed by atoms with Crippen LogP contribution in [0.3, 0.4) is 0 Å². The predicted octanol–water partition coefficient (Wildman–Crippen LogP) is 1.00. The Kier molecular flexibility index (Phi) is 3.57. The van der Waals surface area contributed by atoms with Crippen molar-refractivity contribution < 1.29 is 4.79 Å². The Morgan fingerprint density at radius 3 is 2.87 bits per heavy atom. The van der Waals surface area contributed by atoms with Crippen LogP contribution < -0.4 is 0 Å². The van der Waals surface area contributed by atoms with Crippen molar-refractivity contribution in [1.82, 2.24) is 9.80 Å². The van der Waals surface area contributed by atoms with Gasteiger partial charge in [0, 0.05) is 30.8 Å². The van der Waals surface area contributed by atoms with E-state index in [9.17, 15) is 4.79 Å². The average molecular weight is 228 g/mol. The van der Waals surface area contributed by atoms with E-state index in [4.69, 9.17) is 0 Å². The SMILES string of the molecule is CN1CCCC1CCN1CC(S)CC1=O. The van der Waals surface area contributed by atoms with Gasteiger partial charge in [-0.3, -0.25) is 4.79 Å². The maximum atomic E-state index is 11.5. The summed E-state index contributed by atoms with van der Waals surface area (Å²) in [6.07, 6.45) is 4.36. The van der Waals surface area contributed by atoms with Crippen LogP contribution in [0, 0.1) is 0 Å². The second-order valence-electron chi connectivity index (χ2n) is 4.76. The van der Waals surface area contributed by atoms with Gasteiger partial charge < -0.3 is 9.80 Å². The Balaban J connectivity index is 1.76. The summed E-state index contributed by atoms with van der Waals surface area (Å²) in [6, 6.07) is 0.691. The Bertz CT molecular complexity index is 247. The molecule has 0 N–H and O–H groups in total. The molecule has 3 nitrogen and oxygen atoms in total. The Morgan fingerprint density at radius 2 is 2.33 bits per heavy atom. The second kappa shape index (κ2) is 4.74. The van der Waals surface area contributed by atoms with Gasteiger partial charge in [0.2, 0.25) is 5.91 Å². The number of amides is 1. The molecule has 0 aromatic heterocycles. The second-order valence-corrected chi connectivity index (χ2v) is 5.49. The molecule has 0 aromatic carbocycles. The van der Waals surface area contributed by atoms with Crippen molar-refractivity contribution in [1.29, 1.82) is 0 Å². The molecule has 2 rings (SSSR count). The van der Waals surface area contributed by atoms with E-state index in [-0.39, 0.29) is 11.2 Å². The van der Waals surface area contributed by atoms with Crippen LogP contribution >= 0.6 is 12.6 Å². The lowest BCUT2D eigenvalue weighted by atomic mass is 10.1. The predicted molar refractivity (Wildman–Crippen MR) is 64.2 cm³/mol. The van der Waals surface area contributed by atoms with Gasteiger partial charge in [0.1, 0.15) is 0 Å². The van der Waals surface area contributed by atoms with Crippen molar-refractivity contribution in [2.24, 2.45) is 0 Å². The van der Waals surface area contributed by atoms with Gasteiger partial charge in [-0.25, -0.2) is 0 Å². The molecule has 86 valence electrons. The van der Waals surface area contributed by atoms with E-state index in [1.54, 1.807) is 0 Å². The van der Waals surface area contributed by atoms with Gasteiger partial charge in [0.15, 0.2) is 0 Å². The number of carbonyl (C=O) groups excluding carboxylic acids is 1. The summed E-state index contributed by atoms with van der Waals surface area (Å²) in [5, 5.41) is 0.263. The van der Waals surface area contributed by atoms with Crippen molar-refractivity contribution >= 4 is 18.5 Å². The number of nitrogens with zero attached hydrogens (tertiary/aromatic N) is 2. The smallest absolute Gasteiger partial charge is 0.223 e. The minimum Gasteiger partial charge on any atom is -0.341 e. The molecule has 0 radical (unpaired) electrons. The molecule has 0 saturated carbocycles. The summed E-state index contributed by atoms with van der Waals surface area (Å²) in [5.74, 6) is 0.288. The normalized spacial score (nSPS) is 32.9. The van der Waals surface area contributed by atoms with E-state index >= 15 is 0 Å². The van der Waals surface area contributed by atoms with E-state index in [2.05, 4.69) is 24.6 Å². The minimum atomic E-state index is 0.263. The highest BCUT2D eigenvalue weighted by Crippen LogP contribution is 2.21. The number of carbonyl (C=O) groups is 1. The van der Waals surface area contributed by atoms with Crippen molar-refractivity contribution in [3.8, 4) is 0 Å². The number of likely N-dealkylation sites (tertiary alicyclic amines) is 2. The molecule has 2 saturated heterocycles. The van der Waals surface area contributed by atoms with Crippen molar-refractivity contribution in [2.75, 3.05) is 26.7 Å². The third-order valence-electron chi connectivity index (χ3n) is 3.60. The van der Waals surface area contributed by atoms with Gasteiger partial charge in [-0.2, -0.15) is 12.6 Å². The summed E-state index contributed by atoms with van der Waals surface area (Å²) < 4.78 is 0. The lowest BCUT2D eigenvalue weighted by molar-refractivity contribution is -0.127. The van der Waals surface area contributed by atoms with Crippen LogP contribution in [-0.2, 0) is 4.79 Å². The molecule has 2 atom stereocenters. The molecule has 1 amide bonds. The minimum absolute atomic E-state index is 0.263.